The number of ether oxygens (including phenoxy) is 9. The maximum absolute atomic E-state index is 11.5. The van der Waals surface area contributed by atoms with Crippen LogP contribution in [0, 0.1) is 56.7 Å². The van der Waals surface area contributed by atoms with Crippen molar-refractivity contribution in [3.05, 3.63) is 188 Å². The number of nitro groups is 4. The van der Waals surface area contributed by atoms with Crippen molar-refractivity contribution in [3.8, 4) is 34.5 Å². The molecule has 7 aliphatic heterocycles. The highest BCUT2D eigenvalue weighted by Crippen LogP contribution is 2.35. The third kappa shape index (κ3) is 42.7. The molecule has 0 radical (unpaired) electrons. The van der Waals surface area contributed by atoms with Gasteiger partial charge in [0, 0.05) is 121 Å². The molecule has 0 saturated carbocycles. The molecule has 56 heteroatoms. The first-order chi connectivity index (χ1) is 64.7. The van der Waals surface area contributed by atoms with Crippen molar-refractivity contribution < 1.29 is 182 Å². The van der Waals surface area contributed by atoms with Crippen molar-refractivity contribution in [2.24, 2.45) is 27.7 Å². The van der Waals surface area contributed by atoms with E-state index < -0.39 is 154 Å². The molecule has 7 aliphatic rings. The number of carboxylic acids is 2. The van der Waals surface area contributed by atoms with E-state index in [4.69, 9.17) is 116 Å². The summed E-state index contributed by atoms with van der Waals surface area (Å²) in [5.41, 5.74) is 14.5. The second kappa shape index (κ2) is 63.7. The zero-order chi connectivity index (χ0) is 102. The number of amides is 2. The van der Waals surface area contributed by atoms with E-state index in [1.165, 1.54) is 18.2 Å². The molecule has 4 unspecified atom stereocenters. The lowest BCUT2D eigenvalue weighted by molar-refractivity contribution is -0.490. The summed E-state index contributed by atoms with van der Waals surface area (Å²) in [6.45, 7) is 19.5. The van der Waals surface area contributed by atoms with Crippen LogP contribution in [0.5, 0.6) is 34.5 Å². The summed E-state index contributed by atoms with van der Waals surface area (Å²) in [4.78, 5) is 137. The van der Waals surface area contributed by atoms with Crippen LogP contribution in [0.2, 0.25) is 0 Å². The number of primary amides is 2. The highest BCUT2D eigenvalue weighted by Gasteiger charge is 2.49. The molecule has 6 aromatic rings. The maximum Gasteiger partial charge on any atom is 0.498 e. The monoisotopic (exact) mass is 2080 g/mol. The summed E-state index contributed by atoms with van der Waals surface area (Å²) in [6, 6.07) is 28.9. The van der Waals surface area contributed by atoms with Crippen molar-refractivity contribution in [2.45, 2.75) is 138 Å². The first-order valence-electron chi connectivity index (χ1n) is 41.8. The molecule has 10 N–H and O–H groups in total. The van der Waals surface area contributed by atoms with Gasteiger partial charge in [0.1, 0.15) is 65.2 Å². The topological polar surface area (TPSA) is 675 Å². The van der Waals surface area contributed by atoms with Gasteiger partial charge in [-0.3, -0.25) is 64.4 Å². The number of nitrogens with two attached hydrogens (primary N) is 2. The van der Waals surface area contributed by atoms with Crippen molar-refractivity contribution >= 4 is 147 Å². The van der Waals surface area contributed by atoms with E-state index in [9.17, 15) is 98.9 Å². The minimum atomic E-state index is -1.36. The van der Waals surface area contributed by atoms with Gasteiger partial charge in [-0.25, -0.2) is 19.2 Å². The lowest BCUT2D eigenvalue weighted by Crippen LogP contribution is -2.56. The van der Waals surface area contributed by atoms with Gasteiger partial charge in [-0.05, 0) is 95.4 Å². The number of hydrogen-bond donors (Lipinski definition) is 8. The Morgan fingerprint density at radius 1 is 0.392 bits per heavy atom. The van der Waals surface area contributed by atoms with Crippen LogP contribution >= 0.6 is 15.9 Å². The van der Waals surface area contributed by atoms with E-state index in [1.807, 2.05) is 13.8 Å². The molecule has 13 rings (SSSR count). The molecule has 0 bridgehead atoms. The van der Waals surface area contributed by atoms with E-state index in [2.05, 4.69) is 43.6 Å². The Hall–Kier alpha value is -12.3. The minimum absolute atomic E-state index is 0. The molecule has 784 valence electrons. The van der Waals surface area contributed by atoms with Crippen LogP contribution in [0.25, 0.3) is 0 Å². The molecule has 0 spiro atoms. The van der Waals surface area contributed by atoms with Crippen LogP contribution in [-0.2, 0) is 94.3 Å². The van der Waals surface area contributed by atoms with Crippen molar-refractivity contribution in [1.82, 2.24) is 0 Å². The Morgan fingerprint density at radius 2 is 0.622 bits per heavy atom. The summed E-state index contributed by atoms with van der Waals surface area (Å²) in [6.07, 6.45) is -1.95. The van der Waals surface area contributed by atoms with Gasteiger partial charge in [-0.1, -0.05) is 159 Å². The molecule has 6 aromatic carbocycles. The van der Waals surface area contributed by atoms with E-state index in [0.29, 0.717) is 124 Å². The van der Waals surface area contributed by atoms with Gasteiger partial charge in [0.15, 0.2) is 45.9 Å². The molecular formula is C87H126B7BrN6O42. The SMILES string of the molecule is C.C.C.C.C.C.CC(=O)O.CC1(C)COB(B2OCC(C)(C)CO2)OC1.CCOC(=O)COc1cccc(C=O)c1B1OCC(C)(C)CO1.CCOC(=O)COc1cccc(C=O)c1Br.CCOC(=O)COc1cccc2c1B(O)OC2C[N+](=O)[O-].NC(=O)COc1cccc2c1B(O)OC2C[N+](=O)[O-].NC(=O)COc1cccc2c1B(O)OC2C[N+](=O)[O-].O=C(O)COc1cccc2c1B(O)OC2C[N+](=O)[O-]. The molecule has 3 saturated heterocycles. The number of carboxylic acid groups (broad SMARTS) is 2. The van der Waals surface area contributed by atoms with Crippen molar-refractivity contribution in [3.63, 3.8) is 0 Å². The Kier molecular flexibility index (Phi) is 58.2. The highest BCUT2D eigenvalue weighted by atomic mass is 79.9. The number of nitrogens with zero attached hydrogens (tertiary/aromatic N) is 4. The number of rotatable bonds is 33. The molecule has 0 aromatic heterocycles. The van der Waals surface area contributed by atoms with Crippen LogP contribution < -0.4 is 67.2 Å². The summed E-state index contributed by atoms with van der Waals surface area (Å²) < 4.78 is 101. The standard InChI is InChI=1S/C16H21BO6.C12H14BNO7.C11H11BrO4.C10H20B2O4.2C10H11BN2O6.C10H10BNO7.C2H4O2.6CH4/c1-4-20-14(19)9-21-13-7-5-6-12(8-18)15(13)17-22-10-16(2,3)11-23-17;1-2-19-11(15)7-20-9-5-3-4-8-10(6-14(17)18)21-13(16)12(8)9;1-2-15-10(14)7-16-9-5-3-4-8(6-13)11(9)12;1-9(2)5-13-11(14-6-9)12-15-7-10(3,4)8-16-12;2*12-9(14)5-18-7-3-1-2-6-8(4-13(16)17)19-11(15)10(6)7;13-9(14)5-18-7-3-1-2-6-8(4-12(16)17)19-11(15)10(6)7;1-2(3)4;;;;;;/h5-8H,4,9-11H2,1-3H3;3-5,10,16H,2,6-7H2,1H3;3-6H,2,7H2,1H3;5-8H2,1-4H3;2*1-3,8,15H,4-5H2,(H2,12,14);1-3,8,15H,4-5H2,(H,13,14);1H3,(H,3,4);6*1H4. The third-order valence-corrected chi connectivity index (χ3v) is 19.7. The molecule has 143 heavy (non-hydrogen) atoms. The van der Waals surface area contributed by atoms with Gasteiger partial charge in [0.25, 0.3) is 17.8 Å². The Bertz CT molecular complexity index is 4870. The molecule has 3 fully saturated rings. The molecule has 2 amide bonds. The van der Waals surface area contributed by atoms with Gasteiger partial charge >= 0.3 is 73.5 Å². The zero-order valence-corrected chi connectivity index (χ0v) is 77.6. The Labute approximate surface area is 838 Å². The number of benzene rings is 6. The van der Waals surface area contributed by atoms with E-state index >= 15 is 0 Å². The quantitative estimate of drug-likeness (QED) is 0.00700. The summed E-state index contributed by atoms with van der Waals surface area (Å²) in [7, 11) is -6.74. The first kappa shape index (κ1) is 131. The van der Waals surface area contributed by atoms with Crippen molar-refractivity contribution in [2.75, 3.05) is 125 Å². The minimum Gasteiger partial charge on any atom is -0.484 e. The van der Waals surface area contributed by atoms with E-state index in [0.717, 1.165) is 13.2 Å². The second-order valence-corrected chi connectivity index (χ2v) is 32.9. The van der Waals surface area contributed by atoms with Crippen LogP contribution in [0.1, 0.15) is 181 Å². The van der Waals surface area contributed by atoms with Gasteiger partial charge in [0.2, 0.25) is 26.2 Å². The molecule has 48 nitrogen and oxygen atoms in total. The second-order valence-electron chi connectivity index (χ2n) is 32.1. The normalized spacial score (nSPS) is 16.5. The fourth-order valence-electron chi connectivity index (χ4n) is 13.0. The molecule has 4 atom stereocenters. The van der Waals surface area contributed by atoms with Crippen LogP contribution in [0.3, 0.4) is 0 Å². The van der Waals surface area contributed by atoms with Gasteiger partial charge in [-0.2, -0.15) is 0 Å². The van der Waals surface area contributed by atoms with Gasteiger partial charge < -0.3 is 131 Å². The van der Waals surface area contributed by atoms with Crippen molar-refractivity contribution in [1.29, 1.82) is 0 Å². The average molecular weight is 2080 g/mol. The smallest absolute Gasteiger partial charge is 0.484 e. The van der Waals surface area contributed by atoms with E-state index in [-0.39, 0.29) is 150 Å². The van der Waals surface area contributed by atoms with Gasteiger partial charge in [-0.15, -0.1) is 0 Å². The lowest BCUT2D eigenvalue weighted by Gasteiger charge is -2.38. The first-order valence-corrected chi connectivity index (χ1v) is 42.6. The molecule has 7 heterocycles. The summed E-state index contributed by atoms with van der Waals surface area (Å²) >= 11 is 3.22. The zero-order valence-electron chi connectivity index (χ0n) is 76.0. The number of aliphatic carboxylic acids is 2. The van der Waals surface area contributed by atoms with Crippen LogP contribution in [-0.4, -0.2) is 279 Å². The predicted octanol–water partition coefficient (Wildman–Crippen LogP) is 4.53. The summed E-state index contributed by atoms with van der Waals surface area (Å²) in [5, 5.41) is 97.3. The Morgan fingerprint density at radius 3 is 0.874 bits per heavy atom. The maximum atomic E-state index is 11.5. The van der Waals surface area contributed by atoms with Gasteiger partial charge in [0.05, 0.1) is 24.3 Å². The number of hydrogen-bond acceptors (Lipinski definition) is 40. The summed E-state index contributed by atoms with van der Waals surface area (Å²) in [5.74, 6) is -3.07. The average Bonchev–Trinajstić information content (AvgIpc) is 1.66. The fourth-order valence-corrected chi connectivity index (χ4v) is 13.5. The number of halogens is 1. The van der Waals surface area contributed by atoms with Crippen LogP contribution in [0.15, 0.2) is 114 Å². The van der Waals surface area contributed by atoms with Crippen LogP contribution in [0.4, 0.5) is 0 Å². The number of carbonyl (C=O) groups is 9. The van der Waals surface area contributed by atoms with E-state index in [1.54, 1.807) is 112 Å². The third-order valence-electron chi connectivity index (χ3n) is 18.9. The highest BCUT2D eigenvalue weighted by molar-refractivity contribution is 9.10. The number of esters is 3. The largest absolute Gasteiger partial charge is 0.498 e. The fraction of sp³-hybridized carbons (Fsp3) is 0.483. The molecular weight excluding hydrogens is 1960 g/mol. The predicted molar refractivity (Wildman–Crippen MR) is 527 cm³/mol. The number of aldehydes is 2. The number of fused-ring (bicyclic) bond motifs is 4. The number of carbonyl (C=O) groups excluding carboxylic acids is 7. The lowest BCUT2D eigenvalue weighted by atomic mass is 9.47. The molecule has 0 aliphatic carbocycles. The Balaban J connectivity index is 0.00000163.